The standard InChI is InChI=1S/C17H13N2/c1-11-6-7-13-12-4-2-3-5-15(12)19-9-8-18-10-14(11)16(13)17(18)19/h2-9H,10H2,1H3/q+1. The van der Waals surface area contributed by atoms with Crippen molar-refractivity contribution in [2.45, 2.75) is 13.5 Å². The Hall–Kier alpha value is -2.35. The van der Waals surface area contributed by atoms with Crippen LogP contribution in [0.1, 0.15) is 11.1 Å². The van der Waals surface area contributed by atoms with Crippen LogP contribution in [-0.2, 0) is 6.54 Å². The normalized spacial score (nSPS) is 13.3. The first-order valence-electron chi connectivity index (χ1n) is 6.68. The molecule has 0 N–H and O–H groups in total. The zero-order chi connectivity index (χ0) is 12.6. The van der Waals surface area contributed by atoms with Crippen molar-refractivity contribution in [1.82, 2.24) is 4.40 Å². The van der Waals surface area contributed by atoms with Gasteiger partial charge in [0.15, 0.2) is 0 Å². The Morgan fingerprint density at radius 1 is 1.05 bits per heavy atom. The number of nitrogens with zero attached hydrogens (tertiary/aromatic N) is 2. The van der Waals surface area contributed by atoms with E-state index in [0.29, 0.717) is 0 Å². The maximum atomic E-state index is 2.36. The topological polar surface area (TPSA) is 8.29 Å². The Morgan fingerprint density at radius 2 is 1.95 bits per heavy atom. The van der Waals surface area contributed by atoms with Crippen molar-refractivity contribution in [2.24, 2.45) is 0 Å². The van der Waals surface area contributed by atoms with Gasteiger partial charge in [-0.1, -0.05) is 30.3 Å². The molecule has 5 rings (SSSR count). The number of fused-ring (bicyclic) bond motifs is 3. The van der Waals surface area contributed by atoms with Crippen molar-refractivity contribution >= 4 is 27.3 Å². The van der Waals surface area contributed by atoms with Crippen LogP contribution in [0, 0.1) is 6.92 Å². The number of benzene rings is 2. The predicted octanol–water partition coefficient (Wildman–Crippen LogP) is 3.20. The van der Waals surface area contributed by atoms with Crippen molar-refractivity contribution in [3.05, 3.63) is 59.9 Å². The molecule has 0 aliphatic carbocycles. The van der Waals surface area contributed by atoms with E-state index in [1.807, 2.05) is 0 Å². The predicted molar refractivity (Wildman–Crippen MR) is 76.4 cm³/mol. The summed E-state index contributed by atoms with van der Waals surface area (Å²) in [5, 5.41) is 4.16. The summed E-state index contributed by atoms with van der Waals surface area (Å²) < 4.78 is 4.69. The fourth-order valence-electron chi connectivity index (χ4n) is 3.53. The highest BCUT2D eigenvalue weighted by Crippen LogP contribution is 2.34. The second-order valence-electron chi connectivity index (χ2n) is 5.42. The van der Waals surface area contributed by atoms with Gasteiger partial charge in [0.25, 0.3) is 5.65 Å². The van der Waals surface area contributed by atoms with E-state index >= 15 is 0 Å². The lowest BCUT2D eigenvalue weighted by molar-refractivity contribution is -0.657. The molecule has 2 heteroatoms. The average Bonchev–Trinajstić information content (AvgIpc) is 3.01. The Bertz CT molecular complexity index is 993. The molecule has 0 saturated carbocycles. The molecule has 2 aromatic heterocycles. The summed E-state index contributed by atoms with van der Waals surface area (Å²) in [6.07, 6.45) is 4.38. The van der Waals surface area contributed by atoms with Crippen LogP contribution in [0.15, 0.2) is 48.8 Å². The Morgan fingerprint density at radius 3 is 2.89 bits per heavy atom. The molecule has 1 aliphatic rings. The molecule has 0 spiro atoms. The van der Waals surface area contributed by atoms with Gasteiger partial charge in [-0.2, -0.15) is 4.40 Å². The number of hydrogen-bond acceptors (Lipinski definition) is 0. The van der Waals surface area contributed by atoms with Gasteiger partial charge >= 0.3 is 0 Å². The van der Waals surface area contributed by atoms with Crippen molar-refractivity contribution in [1.29, 1.82) is 0 Å². The molecular weight excluding hydrogens is 232 g/mol. The molecule has 4 aromatic rings. The van der Waals surface area contributed by atoms with E-state index in [1.54, 1.807) is 0 Å². The summed E-state index contributed by atoms with van der Waals surface area (Å²) in [7, 11) is 0. The van der Waals surface area contributed by atoms with Crippen LogP contribution >= 0.6 is 0 Å². The first-order chi connectivity index (χ1) is 9.34. The minimum Gasteiger partial charge on any atom is -0.225 e. The molecule has 0 saturated heterocycles. The molecule has 0 atom stereocenters. The van der Waals surface area contributed by atoms with E-state index in [1.165, 1.54) is 38.4 Å². The van der Waals surface area contributed by atoms with Crippen LogP contribution in [0.5, 0.6) is 0 Å². The summed E-state index contributed by atoms with van der Waals surface area (Å²) in [5.74, 6) is 0. The van der Waals surface area contributed by atoms with Crippen LogP contribution in [0.2, 0.25) is 0 Å². The lowest BCUT2D eigenvalue weighted by Gasteiger charge is -2.05. The van der Waals surface area contributed by atoms with E-state index in [-0.39, 0.29) is 0 Å². The molecule has 0 radical (unpaired) electrons. The number of pyridine rings is 1. The van der Waals surface area contributed by atoms with E-state index in [9.17, 15) is 0 Å². The highest BCUT2D eigenvalue weighted by Gasteiger charge is 2.27. The Balaban J connectivity index is 2.26. The lowest BCUT2D eigenvalue weighted by atomic mass is 9.99. The van der Waals surface area contributed by atoms with Gasteiger partial charge in [-0.15, -0.1) is 0 Å². The summed E-state index contributed by atoms with van der Waals surface area (Å²) >= 11 is 0. The Labute approximate surface area is 110 Å². The molecule has 0 unspecified atom stereocenters. The number of hydrogen-bond donors (Lipinski definition) is 0. The quantitative estimate of drug-likeness (QED) is 0.292. The highest BCUT2D eigenvalue weighted by molar-refractivity contribution is 6.13. The van der Waals surface area contributed by atoms with E-state index in [4.69, 9.17) is 0 Å². The number of para-hydroxylation sites is 1. The summed E-state index contributed by atoms with van der Waals surface area (Å²) in [6.45, 7) is 3.22. The molecular formula is C17H13N2+. The number of aryl methyl sites for hydroxylation is 1. The van der Waals surface area contributed by atoms with Crippen LogP contribution in [0.25, 0.3) is 27.3 Å². The molecule has 2 nitrogen and oxygen atoms in total. The minimum absolute atomic E-state index is 1.01. The maximum Gasteiger partial charge on any atom is 0.295 e. The maximum absolute atomic E-state index is 2.36. The molecule has 1 aliphatic heterocycles. The van der Waals surface area contributed by atoms with Gasteiger partial charge in [0.1, 0.15) is 24.5 Å². The van der Waals surface area contributed by atoms with Crippen molar-refractivity contribution in [2.75, 3.05) is 0 Å². The number of imidazole rings is 1. The van der Waals surface area contributed by atoms with Gasteiger partial charge in [0.05, 0.1) is 5.39 Å². The van der Waals surface area contributed by atoms with Crippen LogP contribution in [-0.4, -0.2) is 4.40 Å². The fraction of sp³-hybridized carbons (Fsp3) is 0.118. The monoisotopic (exact) mass is 245 g/mol. The molecule has 0 bridgehead atoms. The summed E-state index contributed by atoms with van der Waals surface area (Å²) in [4.78, 5) is 0. The van der Waals surface area contributed by atoms with E-state index in [0.717, 1.165) is 6.54 Å². The number of aromatic nitrogens is 2. The van der Waals surface area contributed by atoms with Gasteiger partial charge in [0.2, 0.25) is 0 Å². The van der Waals surface area contributed by atoms with Gasteiger partial charge in [-0.3, -0.25) is 0 Å². The third-order valence-electron chi connectivity index (χ3n) is 4.45. The van der Waals surface area contributed by atoms with Crippen LogP contribution < -0.4 is 4.57 Å². The molecule has 3 heterocycles. The largest absolute Gasteiger partial charge is 0.295 e. The van der Waals surface area contributed by atoms with Gasteiger partial charge < -0.3 is 0 Å². The van der Waals surface area contributed by atoms with Crippen LogP contribution in [0.4, 0.5) is 0 Å². The SMILES string of the molecule is Cc1ccc2c3ccccc3n3cc[n+]4c3c2c1C4. The van der Waals surface area contributed by atoms with Crippen molar-refractivity contribution in [3.8, 4) is 0 Å². The third kappa shape index (κ3) is 0.976. The smallest absolute Gasteiger partial charge is 0.225 e. The fourth-order valence-corrected chi connectivity index (χ4v) is 3.53. The molecule has 0 fully saturated rings. The third-order valence-corrected chi connectivity index (χ3v) is 4.45. The number of rotatable bonds is 0. The van der Waals surface area contributed by atoms with Gasteiger partial charge in [-0.05, 0) is 18.6 Å². The van der Waals surface area contributed by atoms with Crippen molar-refractivity contribution < 1.29 is 4.57 Å². The molecule has 90 valence electrons. The second-order valence-corrected chi connectivity index (χ2v) is 5.42. The second kappa shape index (κ2) is 2.97. The van der Waals surface area contributed by atoms with Crippen LogP contribution in [0.3, 0.4) is 0 Å². The zero-order valence-corrected chi connectivity index (χ0v) is 10.7. The van der Waals surface area contributed by atoms with Gasteiger partial charge in [-0.25, -0.2) is 4.57 Å². The minimum atomic E-state index is 1.01. The van der Waals surface area contributed by atoms with Gasteiger partial charge in [0, 0.05) is 16.3 Å². The molecule has 2 aromatic carbocycles. The molecule has 0 amide bonds. The summed E-state index contributed by atoms with van der Waals surface area (Å²) in [6, 6.07) is 13.2. The first kappa shape index (κ1) is 9.56. The summed E-state index contributed by atoms with van der Waals surface area (Å²) in [5.41, 5.74) is 5.51. The Kier molecular flexibility index (Phi) is 1.49. The average molecular weight is 245 g/mol. The van der Waals surface area contributed by atoms with E-state index in [2.05, 4.69) is 64.7 Å². The molecule has 19 heavy (non-hydrogen) atoms. The lowest BCUT2D eigenvalue weighted by Crippen LogP contribution is -2.28. The van der Waals surface area contributed by atoms with E-state index < -0.39 is 0 Å². The first-order valence-corrected chi connectivity index (χ1v) is 6.68. The van der Waals surface area contributed by atoms with Crippen molar-refractivity contribution in [3.63, 3.8) is 0 Å². The highest BCUT2D eigenvalue weighted by atomic mass is 15.1. The zero-order valence-electron chi connectivity index (χ0n) is 10.7.